The number of fused-ring (bicyclic) bond motifs is 5. The molecule has 2 heteroatoms. The van der Waals surface area contributed by atoms with Crippen LogP contribution in [0, 0.1) is 0 Å². The van der Waals surface area contributed by atoms with Crippen molar-refractivity contribution in [2.45, 2.75) is 25.7 Å². The van der Waals surface area contributed by atoms with Crippen LogP contribution < -0.4 is 11.5 Å². The van der Waals surface area contributed by atoms with Gasteiger partial charge >= 0.3 is 0 Å². The van der Waals surface area contributed by atoms with Gasteiger partial charge in [-0.05, 0) is 93.7 Å². The van der Waals surface area contributed by atoms with Crippen LogP contribution in [0.3, 0.4) is 0 Å². The highest BCUT2D eigenvalue weighted by Gasteiger charge is 2.13. The van der Waals surface area contributed by atoms with Gasteiger partial charge in [-0.3, -0.25) is 0 Å². The molecule has 158 valence electrons. The number of anilines is 2. The second-order valence-electron chi connectivity index (χ2n) is 8.54. The maximum Gasteiger partial charge on any atom is 0.0314 e. The summed E-state index contributed by atoms with van der Waals surface area (Å²) in [6, 6.07) is 33.5. The van der Waals surface area contributed by atoms with E-state index in [1.165, 1.54) is 47.2 Å². The third-order valence-electron chi connectivity index (χ3n) is 6.41. The molecule has 0 unspecified atom stereocenters. The number of nitrogen functional groups attached to an aromatic ring is 2. The van der Waals surface area contributed by atoms with Crippen LogP contribution in [-0.2, 0) is 12.8 Å². The minimum absolute atomic E-state index is 0.782. The Kier molecular flexibility index (Phi) is 5.51. The highest BCUT2D eigenvalue weighted by Crippen LogP contribution is 2.33. The van der Waals surface area contributed by atoms with Crippen molar-refractivity contribution in [2.24, 2.45) is 0 Å². The van der Waals surface area contributed by atoms with E-state index < -0.39 is 0 Å². The summed E-state index contributed by atoms with van der Waals surface area (Å²) >= 11 is 0. The lowest BCUT2D eigenvalue weighted by molar-refractivity contribution is 0.690. The molecule has 32 heavy (non-hydrogen) atoms. The third-order valence-corrected chi connectivity index (χ3v) is 6.41. The summed E-state index contributed by atoms with van der Waals surface area (Å²) in [6.45, 7) is 0. The molecule has 0 saturated heterocycles. The van der Waals surface area contributed by atoms with Crippen LogP contribution >= 0.6 is 0 Å². The second-order valence-corrected chi connectivity index (χ2v) is 8.54. The Balaban J connectivity index is 0.000000140. The molecule has 0 spiro atoms. The van der Waals surface area contributed by atoms with Gasteiger partial charge in [0.25, 0.3) is 0 Å². The molecule has 0 saturated carbocycles. The van der Waals surface area contributed by atoms with Gasteiger partial charge in [0.1, 0.15) is 0 Å². The van der Waals surface area contributed by atoms with Gasteiger partial charge < -0.3 is 11.5 Å². The fourth-order valence-electron chi connectivity index (χ4n) is 4.69. The Bertz CT molecular complexity index is 1320. The summed E-state index contributed by atoms with van der Waals surface area (Å²) in [5.74, 6) is 0. The van der Waals surface area contributed by atoms with Gasteiger partial charge in [-0.2, -0.15) is 0 Å². The van der Waals surface area contributed by atoms with Gasteiger partial charge in [0.05, 0.1) is 0 Å². The maximum absolute atomic E-state index is 5.61. The van der Waals surface area contributed by atoms with E-state index >= 15 is 0 Å². The first kappa shape index (κ1) is 20.1. The Hall–Kier alpha value is -3.78. The highest BCUT2D eigenvalue weighted by atomic mass is 14.5. The van der Waals surface area contributed by atoms with Crippen LogP contribution in [0.25, 0.3) is 32.7 Å². The summed E-state index contributed by atoms with van der Waals surface area (Å²) in [7, 11) is 0. The third kappa shape index (κ3) is 4.04. The topological polar surface area (TPSA) is 52.0 Å². The van der Waals surface area contributed by atoms with Crippen LogP contribution in [-0.4, -0.2) is 0 Å². The number of benzene rings is 5. The smallest absolute Gasteiger partial charge is 0.0314 e. The van der Waals surface area contributed by atoms with Crippen molar-refractivity contribution in [3.05, 3.63) is 108 Å². The molecular weight excluding hydrogens is 388 g/mol. The average Bonchev–Trinajstić information content (AvgIpc) is 2.85. The van der Waals surface area contributed by atoms with Gasteiger partial charge in [0, 0.05) is 11.4 Å². The molecule has 6 rings (SSSR count). The van der Waals surface area contributed by atoms with E-state index in [1.807, 2.05) is 48.5 Å². The molecule has 5 aromatic rings. The van der Waals surface area contributed by atoms with Crippen LogP contribution in [0.15, 0.2) is 97.1 Å². The Morgan fingerprint density at radius 3 is 1.75 bits per heavy atom. The minimum Gasteiger partial charge on any atom is -0.399 e. The SMILES string of the molecule is Nc1ccc(-c2ccc(N)cc2)cc1.c1ccc2c(c1)ccc1c3c(ccc12)CCCC3. The summed E-state index contributed by atoms with van der Waals surface area (Å²) in [4.78, 5) is 0. The minimum atomic E-state index is 0.782. The van der Waals surface area contributed by atoms with Crippen LogP contribution in [0.1, 0.15) is 24.0 Å². The highest BCUT2D eigenvalue weighted by molar-refractivity contribution is 6.08. The Labute approximate surface area is 189 Å². The lowest BCUT2D eigenvalue weighted by atomic mass is 9.86. The molecule has 5 aromatic carbocycles. The van der Waals surface area contributed by atoms with Crippen molar-refractivity contribution >= 4 is 32.9 Å². The Morgan fingerprint density at radius 2 is 1.06 bits per heavy atom. The molecule has 1 aliphatic rings. The number of hydrogen-bond donors (Lipinski definition) is 2. The lowest BCUT2D eigenvalue weighted by Gasteiger charge is -2.18. The summed E-state index contributed by atoms with van der Waals surface area (Å²) < 4.78 is 0. The standard InChI is InChI=1S/C18H16.C12H12N2/c1-3-7-15-13(5-1)9-11-18-16-8-4-2-6-14(16)10-12-17(15)18;13-11-5-1-9(2-6-11)10-3-7-12(14)8-4-10/h1,3,5,7,9-12H,2,4,6,8H2;1-8H,13-14H2. The van der Waals surface area contributed by atoms with Gasteiger partial charge in [-0.15, -0.1) is 0 Å². The molecule has 0 bridgehead atoms. The molecule has 0 atom stereocenters. The summed E-state index contributed by atoms with van der Waals surface area (Å²) in [5, 5.41) is 5.64. The zero-order chi connectivity index (χ0) is 21.9. The molecule has 0 aliphatic heterocycles. The fraction of sp³-hybridized carbons (Fsp3) is 0.133. The van der Waals surface area contributed by atoms with Gasteiger partial charge in [-0.1, -0.05) is 72.8 Å². The van der Waals surface area contributed by atoms with Crippen molar-refractivity contribution in [1.82, 2.24) is 0 Å². The van der Waals surface area contributed by atoms with Crippen LogP contribution in [0.5, 0.6) is 0 Å². The molecule has 0 heterocycles. The second kappa shape index (κ2) is 8.76. The maximum atomic E-state index is 5.61. The first-order valence-corrected chi connectivity index (χ1v) is 11.3. The molecule has 0 fully saturated rings. The van der Waals surface area contributed by atoms with E-state index in [2.05, 4.69) is 48.5 Å². The van der Waals surface area contributed by atoms with Crippen LogP contribution in [0.2, 0.25) is 0 Å². The first-order chi connectivity index (χ1) is 15.7. The van der Waals surface area contributed by atoms with Crippen molar-refractivity contribution in [2.75, 3.05) is 11.5 Å². The van der Waals surface area contributed by atoms with E-state index in [0.29, 0.717) is 0 Å². The zero-order valence-corrected chi connectivity index (χ0v) is 18.2. The molecule has 0 aromatic heterocycles. The van der Waals surface area contributed by atoms with Crippen molar-refractivity contribution in [3.8, 4) is 11.1 Å². The average molecular weight is 417 g/mol. The predicted molar refractivity (Wildman–Crippen MR) is 139 cm³/mol. The zero-order valence-electron chi connectivity index (χ0n) is 18.2. The fourth-order valence-corrected chi connectivity index (χ4v) is 4.69. The number of nitrogens with two attached hydrogens (primary N) is 2. The van der Waals surface area contributed by atoms with Gasteiger partial charge in [0.15, 0.2) is 0 Å². The van der Waals surface area contributed by atoms with Crippen molar-refractivity contribution in [1.29, 1.82) is 0 Å². The van der Waals surface area contributed by atoms with Crippen LogP contribution in [0.4, 0.5) is 11.4 Å². The van der Waals surface area contributed by atoms with E-state index in [0.717, 1.165) is 22.5 Å². The largest absolute Gasteiger partial charge is 0.399 e. The van der Waals surface area contributed by atoms with Crippen molar-refractivity contribution in [3.63, 3.8) is 0 Å². The number of aryl methyl sites for hydroxylation is 2. The molecular formula is C30H28N2. The van der Waals surface area contributed by atoms with E-state index in [1.54, 1.807) is 11.1 Å². The van der Waals surface area contributed by atoms with Gasteiger partial charge in [0.2, 0.25) is 0 Å². The number of rotatable bonds is 1. The molecule has 0 radical (unpaired) electrons. The van der Waals surface area contributed by atoms with Crippen molar-refractivity contribution < 1.29 is 0 Å². The normalized spacial score (nSPS) is 12.8. The summed E-state index contributed by atoms with van der Waals surface area (Å²) in [6.07, 6.45) is 5.22. The van der Waals surface area contributed by atoms with E-state index in [-0.39, 0.29) is 0 Å². The Morgan fingerprint density at radius 1 is 0.469 bits per heavy atom. The lowest BCUT2D eigenvalue weighted by Crippen LogP contribution is -2.02. The molecule has 4 N–H and O–H groups in total. The first-order valence-electron chi connectivity index (χ1n) is 11.3. The quantitative estimate of drug-likeness (QED) is 0.221. The van der Waals surface area contributed by atoms with Gasteiger partial charge in [-0.25, -0.2) is 0 Å². The predicted octanol–water partition coefficient (Wildman–Crippen LogP) is 7.39. The molecule has 2 nitrogen and oxygen atoms in total. The van der Waals surface area contributed by atoms with E-state index in [4.69, 9.17) is 11.5 Å². The molecule has 1 aliphatic carbocycles. The molecule has 0 amide bonds. The number of hydrogen-bond acceptors (Lipinski definition) is 2. The monoisotopic (exact) mass is 416 g/mol. The summed E-state index contributed by atoms with van der Waals surface area (Å²) in [5.41, 5.74) is 18.3. The van der Waals surface area contributed by atoms with E-state index in [9.17, 15) is 0 Å².